The fourth-order valence-corrected chi connectivity index (χ4v) is 6.77. The van der Waals surface area contributed by atoms with Crippen LogP contribution in [-0.4, -0.2) is 76.9 Å². The van der Waals surface area contributed by atoms with Crippen LogP contribution >= 0.6 is 0 Å². The summed E-state index contributed by atoms with van der Waals surface area (Å²) in [6, 6.07) is 22.6. The lowest BCUT2D eigenvalue weighted by Crippen LogP contribution is -2.59. The highest BCUT2D eigenvalue weighted by Gasteiger charge is 2.35. The third-order valence-electron chi connectivity index (χ3n) is 10.6. The minimum atomic E-state index is -1.41. The predicted octanol–water partition coefficient (Wildman–Crippen LogP) is 4.79. The molecule has 0 aliphatic heterocycles. The molecule has 0 aliphatic carbocycles. The summed E-state index contributed by atoms with van der Waals surface area (Å²) in [7, 11) is 0. The average Bonchev–Trinajstić information content (AvgIpc) is 3.22. The fraction of sp³-hybridized carbons (Fsp3) is 0.500. The van der Waals surface area contributed by atoms with E-state index in [4.69, 9.17) is 4.74 Å². The largest absolute Gasteiger partial charge is 0.459 e. The molecule has 0 heterocycles. The monoisotopic (exact) mass is 841 g/mol. The van der Waals surface area contributed by atoms with Crippen molar-refractivity contribution < 1.29 is 38.6 Å². The topological polar surface area (TPSA) is 192 Å². The van der Waals surface area contributed by atoms with Crippen LogP contribution in [0.15, 0.2) is 91.0 Å². The molecule has 0 radical (unpaired) electrons. The van der Waals surface area contributed by atoms with Gasteiger partial charge in [-0.3, -0.25) is 24.0 Å². The Bertz CT molecular complexity index is 1840. The van der Waals surface area contributed by atoms with Crippen molar-refractivity contribution in [1.82, 2.24) is 26.6 Å². The molecule has 0 saturated carbocycles. The number of esters is 1. The third-order valence-corrected chi connectivity index (χ3v) is 10.6. The van der Waals surface area contributed by atoms with Crippen LogP contribution in [0.2, 0.25) is 0 Å². The van der Waals surface area contributed by atoms with E-state index in [1.807, 2.05) is 112 Å². The van der Waals surface area contributed by atoms with E-state index in [1.165, 1.54) is 0 Å². The first kappa shape index (κ1) is 49.8. The molecule has 5 amide bonds. The van der Waals surface area contributed by atoms with Crippen molar-refractivity contribution in [2.24, 2.45) is 23.7 Å². The molecule has 0 unspecified atom stereocenters. The summed E-state index contributed by atoms with van der Waals surface area (Å²) in [5.74, 6) is -4.20. The molecule has 0 aromatic heterocycles. The quantitative estimate of drug-likeness (QED) is 0.0694. The van der Waals surface area contributed by atoms with Crippen molar-refractivity contribution in [3.63, 3.8) is 0 Å². The van der Waals surface area contributed by atoms with Crippen LogP contribution in [0.4, 0.5) is 0 Å². The van der Waals surface area contributed by atoms with Gasteiger partial charge in [-0.05, 0) is 53.2 Å². The van der Waals surface area contributed by atoms with Gasteiger partial charge in [0.25, 0.3) is 0 Å². The number of nitrogens with one attached hydrogen (secondary N) is 5. The van der Waals surface area contributed by atoms with Gasteiger partial charge in [-0.15, -0.1) is 0 Å². The molecule has 0 spiro atoms. The summed E-state index contributed by atoms with van der Waals surface area (Å²) in [5, 5.41) is 25.7. The van der Waals surface area contributed by atoms with Gasteiger partial charge in [-0.1, -0.05) is 153 Å². The molecule has 0 aliphatic rings. The molecule has 6 N–H and O–H groups in total. The van der Waals surface area contributed by atoms with E-state index in [0.29, 0.717) is 12.8 Å². The Morgan fingerprint density at radius 2 is 1.08 bits per heavy atom. The van der Waals surface area contributed by atoms with E-state index in [1.54, 1.807) is 34.6 Å². The number of carbonyl (C=O) groups excluding carboxylic acids is 6. The number of hydrogen-bond donors (Lipinski definition) is 6. The van der Waals surface area contributed by atoms with Gasteiger partial charge in [0.05, 0.1) is 25.0 Å². The SMILES string of the molecule is CC[C@H](C)[C@H](NC(=O)C[C@H](O)[C@H](Cc1ccccc1)NC(=O)[C@@H](NC(=O)[C@H](CC(C)C)NC(=O)Cc1ccccc1)C(C)C)C(=O)N[C@H](C(=O)OCc1ccccc1)C(C)C. The third kappa shape index (κ3) is 17.1. The standard InChI is InChI=1S/C48H67N5O8/c1-9-33(8)44(47(59)53-43(32(6)7)48(60)61-29-36-23-17-12-18-24-36)51-41(56)28-39(54)37(26-34-19-13-10-14-20-34)50-46(58)42(31(4)5)52-45(57)38(25-30(2)3)49-40(55)27-35-21-15-11-16-22-35/h10-24,30-33,37-39,42-44,54H,9,25-29H2,1-8H3,(H,49,55)(H,50,58)(H,51,56)(H,52,57)(H,53,59)/t33-,37-,38-,39-,42-,43-,44-/m0/s1. The Morgan fingerprint density at radius 3 is 1.61 bits per heavy atom. The number of hydrogen-bond acceptors (Lipinski definition) is 8. The first-order chi connectivity index (χ1) is 29.0. The van der Waals surface area contributed by atoms with Crippen LogP contribution in [-0.2, 0) is 53.0 Å². The molecule has 0 saturated heterocycles. The molecule has 3 rings (SSSR count). The van der Waals surface area contributed by atoms with E-state index in [0.717, 1.165) is 16.7 Å². The number of aliphatic hydroxyl groups excluding tert-OH is 1. The highest BCUT2D eigenvalue weighted by Crippen LogP contribution is 2.16. The maximum Gasteiger partial charge on any atom is 0.329 e. The lowest BCUT2D eigenvalue weighted by Gasteiger charge is -2.30. The predicted molar refractivity (Wildman–Crippen MR) is 235 cm³/mol. The molecular weight excluding hydrogens is 775 g/mol. The Hall–Kier alpha value is -5.56. The fourth-order valence-electron chi connectivity index (χ4n) is 6.77. The molecule has 0 bridgehead atoms. The van der Waals surface area contributed by atoms with Gasteiger partial charge in [-0.25, -0.2) is 4.79 Å². The zero-order valence-electron chi connectivity index (χ0n) is 37.0. The number of rotatable bonds is 24. The van der Waals surface area contributed by atoms with E-state index >= 15 is 0 Å². The smallest absolute Gasteiger partial charge is 0.329 e. The van der Waals surface area contributed by atoms with Crippen LogP contribution in [0, 0.1) is 23.7 Å². The van der Waals surface area contributed by atoms with Gasteiger partial charge in [0.15, 0.2) is 0 Å². The Morgan fingerprint density at radius 1 is 0.574 bits per heavy atom. The van der Waals surface area contributed by atoms with Crippen LogP contribution in [0.25, 0.3) is 0 Å². The summed E-state index contributed by atoms with van der Waals surface area (Å²) in [6.45, 7) is 14.7. The summed E-state index contributed by atoms with van der Waals surface area (Å²) in [5.41, 5.74) is 2.39. The molecular formula is C48H67N5O8. The van der Waals surface area contributed by atoms with E-state index < -0.39 is 72.3 Å². The van der Waals surface area contributed by atoms with Gasteiger partial charge < -0.3 is 36.4 Å². The second-order valence-corrected chi connectivity index (χ2v) is 17.0. The lowest BCUT2D eigenvalue weighted by atomic mass is 9.95. The molecule has 3 aromatic rings. The second kappa shape index (κ2) is 25.3. The molecule has 3 aromatic carbocycles. The number of ether oxygens (including phenoxy) is 1. The maximum absolute atomic E-state index is 14.0. The summed E-state index contributed by atoms with van der Waals surface area (Å²) in [6.07, 6.45) is -0.760. The molecule has 332 valence electrons. The summed E-state index contributed by atoms with van der Waals surface area (Å²) < 4.78 is 5.53. The minimum Gasteiger partial charge on any atom is -0.459 e. The van der Waals surface area contributed by atoms with Crippen molar-refractivity contribution in [1.29, 1.82) is 0 Å². The van der Waals surface area contributed by atoms with E-state index in [9.17, 15) is 33.9 Å². The van der Waals surface area contributed by atoms with Gasteiger partial charge in [0.1, 0.15) is 30.8 Å². The lowest BCUT2D eigenvalue weighted by molar-refractivity contribution is -0.151. The zero-order chi connectivity index (χ0) is 45.1. The van der Waals surface area contributed by atoms with Crippen LogP contribution in [0.3, 0.4) is 0 Å². The zero-order valence-corrected chi connectivity index (χ0v) is 37.0. The molecule has 13 nitrogen and oxygen atoms in total. The number of amides is 5. The van der Waals surface area contributed by atoms with Crippen molar-refractivity contribution in [3.8, 4) is 0 Å². The van der Waals surface area contributed by atoms with Crippen LogP contribution in [0.1, 0.15) is 91.3 Å². The molecule has 61 heavy (non-hydrogen) atoms. The Balaban J connectivity index is 1.75. The number of aliphatic hydroxyl groups is 1. The number of benzene rings is 3. The average molecular weight is 842 g/mol. The number of carbonyl (C=O) groups is 6. The van der Waals surface area contributed by atoms with Gasteiger partial charge in [-0.2, -0.15) is 0 Å². The van der Waals surface area contributed by atoms with Crippen molar-refractivity contribution in [2.75, 3.05) is 0 Å². The normalized spacial score (nSPS) is 14.8. The molecule has 13 heteroatoms. The van der Waals surface area contributed by atoms with Gasteiger partial charge in [0, 0.05) is 0 Å². The molecule has 0 fully saturated rings. The Kier molecular flexibility index (Phi) is 20.6. The molecule has 7 atom stereocenters. The van der Waals surface area contributed by atoms with Gasteiger partial charge in [0.2, 0.25) is 29.5 Å². The highest BCUT2D eigenvalue weighted by atomic mass is 16.5. The Labute approximate surface area is 361 Å². The maximum atomic E-state index is 14.0. The second-order valence-electron chi connectivity index (χ2n) is 17.0. The van der Waals surface area contributed by atoms with Gasteiger partial charge >= 0.3 is 5.97 Å². The minimum absolute atomic E-state index is 0.0409. The van der Waals surface area contributed by atoms with E-state index in [2.05, 4.69) is 26.6 Å². The van der Waals surface area contributed by atoms with Crippen molar-refractivity contribution in [3.05, 3.63) is 108 Å². The van der Waals surface area contributed by atoms with Crippen molar-refractivity contribution >= 4 is 35.5 Å². The van der Waals surface area contributed by atoms with Crippen molar-refractivity contribution in [2.45, 2.75) is 130 Å². The first-order valence-electron chi connectivity index (χ1n) is 21.4. The summed E-state index contributed by atoms with van der Waals surface area (Å²) >= 11 is 0. The van der Waals surface area contributed by atoms with E-state index in [-0.39, 0.29) is 49.0 Å². The van der Waals surface area contributed by atoms with Crippen LogP contribution in [0.5, 0.6) is 0 Å². The summed E-state index contributed by atoms with van der Waals surface area (Å²) in [4.78, 5) is 81.3. The first-order valence-corrected chi connectivity index (χ1v) is 21.4. The van der Waals surface area contributed by atoms with Crippen LogP contribution < -0.4 is 26.6 Å². The highest BCUT2D eigenvalue weighted by molar-refractivity contribution is 5.93.